The van der Waals surface area contributed by atoms with Crippen molar-refractivity contribution in [2.75, 3.05) is 13.7 Å². The Bertz CT molecular complexity index is 1220. The summed E-state index contributed by atoms with van der Waals surface area (Å²) in [6.45, 7) is 1.07. The molecular formula is C28H34O13. The standard InChI is InChI=1S/C28H34O13/c1-12-20(29)23(32)25(34)27(39-12)38-11-19-22(31)24(33)26(35)28(41-19)40-15-7-8-18-16(9-15)21(30)17(10-37-18)13-3-5-14(36-2)6-4-13/h3-10,12,19-35H,11H2,1-2H3/t12-,19+,20-,21+,22+,23+,24-,25+,26+,27-,28+/m1/s1. The van der Waals surface area contributed by atoms with Gasteiger partial charge in [0.25, 0.3) is 0 Å². The third-order valence-corrected chi connectivity index (χ3v) is 7.46. The number of methoxy groups -OCH3 is 1. The molecule has 0 bridgehead atoms. The highest BCUT2D eigenvalue weighted by molar-refractivity contribution is 5.73. The van der Waals surface area contributed by atoms with Crippen LogP contribution in [0.15, 0.2) is 48.7 Å². The number of aliphatic hydroxyl groups is 7. The molecule has 2 saturated heterocycles. The number of fused-ring (bicyclic) bond motifs is 1. The average molecular weight is 579 g/mol. The molecule has 0 amide bonds. The van der Waals surface area contributed by atoms with Gasteiger partial charge in [0.15, 0.2) is 6.29 Å². The Morgan fingerprint density at radius 1 is 0.732 bits per heavy atom. The van der Waals surface area contributed by atoms with Gasteiger partial charge in [-0.25, -0.2) is 0 Å². The van der Waals surface area contributed by atoms with Crippen molar-refractivity contribution in [1.82, 2.24) is 0 Å². The van der Waals surface area contributed by atoms with E-state index in [2.05, 4.69) is 0 Å². The molecule has 13 heteroatoms. The van der Waals surface area contributed by atoms with E-state index < -0.39 is 74.1 Å². The lowest BCUT2D eigenvalue weighted by atomic mass is 9.94. The monoisotopic (exact) mass is 578 g/mol. The molecule has 0 radical (unpaired) electrons. The van der Waals surface area contributed by atoms with Crippen molar-refractivity contribution in [1.29, 1.82) is 0 Å². The van der Waals surface area contributed by atoms with Crippen LogP contribution in [-0.4, -0.2) is 111 Å². The summed E-state index contributed by atoms with van der Waals surface area (Å²) in [6.07, 6.45) is -13.8. The minimum atomic E-state index is -1.68. The van der Waals surface area contributed by atoms with Crippen LogP contribution in [0.2, 0.25) is 0 Å². The maximum atomic E-state index is 11.1. The number of ether oxygens (including phenoxy) is 6. The predicted octanol–water partition coefficient (Wildman–Crippen LogP) is -0.807. The molecule has 3 aliphatic rings. The van der Waals surface area contributed by atoms with E-state index in [-0.39, 0.29) is 5.75 Å². The lowest BCUT2D eigenvalue weighted by Crippen LogP contribution is -2.61. The van der Waals surface area contributed by atoms with Crippen LogP contribution >= 0.6 is 0 Å². The smallest absolute Gasteiger partial charge is 0.229 e. The fourth-order valence-corrected chi connectivity index (χ4v) is 4.92. The summed E-state index contributed by atoms with van der Waals surface area (Å²) in [7, 11) is 1.56. The first-order valence-electron chi connectivity index (χ1n) is 13.1. The number of hydrogen-bond acceptors (Lipinski definition) is 13. The molecule has 3 aliphatic heterocycles. The van der Waals surface area contributed by atoms with Crippen molar-refractivity contribution < 1.29 is 64.2 Å². The molecule has 13 nitrogen and oxygen atoms in total. The van der Waals surface area contributed by atoms with Crippen LogP contribution in [0.1, 0.15) is 24.2 Å². The van der Waals surface area contributed by atoms with Gasteiger partial charge < -0.3 is 64.2 Å². The van der Waals surface area contributed by atoms with E-state index in [1.807, 2.05) is 0 Å². The number of hydrogen-bond donors (Lipinski definition) is 7. The molecule has 41 heavy (non-hydrogen) atoms. The molecule has 0 unspecified atom stereocenters. The third kappa shape index (κ3) is 5.92. The van der Waals surface area contributed by atoms with Gasteiger partial charge in [0.05, 0.1) is 26.1 Å². The fraction of sp³-hybridized carbons (Fsp3) is 0.500. The van der Waals surface area contributed by atoms with Crippen molar-refractivity contribution in [3.05, 3.63) is 59.9 Å². The zero-order valence-electron chi connectivity index (χ0n) is 22.3. The van der Waals surface area contributed by atoms with Gasteiger partial charge in [-0.1, -0.05) is 12.1 Å². The molecule has 7 N–H and O–H groups in total. The summed E-state index contributed by atoms with van der Waals surface area (Å²) in [5.41, 5.74) is 1.60. The highest BCUT2D eigenvalue weighted by Gasteiger charge is 2.47. The second-order valence-corrected chi connectivity index (χ2v) is 10.2. The molecule has 5 rings (SSSR count). The Labute approximate surface area is 235 Å². The Balaban J connectivity index is 1.27. The Morgan fingerprint density at radius 2 is 1.39 bits per heavy atom. The zero-order valence-corrected chi connectivity index (χ0v) is 22.3. The largest absolute Gasteiger partial charge is 0.497 e. The SMILES string of the molecule is COc1ccc(C2=COc3ccc(O[C@H]4O[C@@H](CO[C@@H]5O[C@H](C)[C@@H](O)[C@H](O)[C@@H]5O)[C@H](O)[C@@H](O)[C@@H]4O)cc3[C@@H]2O)cc1. The first-order chi connectivity index (χ1) is 19.6. The minimum absolute atomic E-state index is 0.173. The maximum absolute atomic E-state index is 11.1. The van der Waals surface area contributed by atoms with Gasteiger partial charge in [0, 0.05) is 11.1 Å². The van der Waals surface area contributed by atoms with Crippen LogP contribution in [0.5, 0.6) is 17.2 Å². The average Bonchev–Trinajstić information content (AvgIpc) is 2.98. The van der Waals surface area contributed by atoms with E-state index in [0.717, 1.165) is 0 Å². The van der Waals surface area contributed by atoms with Crippen LogP contribution in [-0.2, 0) is 14.2 Å². The summed E-state index contributed by atoms with van der Waals surface area (Å²) < 4.78 is 33.3. The maximum Gasteiger partial charge on any atom is 0.229 e. The van der Waals surface area contributed by atoms with Gasteiger partial charge in [-0.3, -0.25) is 0 Å². The second kappa shape index (κ2) is 12.2. The van der Waals surface area contributed by atoms with E-state index in [0.29, 0.717) is 28.2 Å². The van der Waals surface area contributed by atoms with Crippen LogP contribution in [0, 0.1) is 0 Å². The summed E-state index contributed by atoms with van der Waals surface area (Å²) >= 11 is 0. The van der Waals surface area contributed by atoms with E-state index in [1.165, 1.54) is 25.3 Å². The van der Waals surface area contributed by atoms with Gasteiger partial charge in [0.1, 0.15) is 66.1 Å². The molecule has 224 valence electrons. The van der Waals surface area contributed by atoms with Crippen molar-refractivity contribution in [2.45, 2.75) is 74.4 Å². The molecular weight excluding hydrogens is 544 g/mol. The van der Waals surface area contributed by atoms with Crippen LogP contribution < -0.4 is 14.2 Å². The van der Waals surface area contributed by atoms with Crippen molar-refractivity contribution in [3.63, 3.8) is 0 Å². The topological polar surface area (TPSA) is 197 Å². The van der Waals surface area contributed by atoms with Crippen LogP contribution in [0.25, 0.3) is 5.57 Å². The first-order valence-corrected chi connectivity index (χ1v) is 13.1. The molecule has 0 spiro atoms. The quantitative estimate of drug-likeness (QED) is 0.216. The van der Waals surface area contributed by atoms with Crippen molar-refractivity contribution in [2.24, 2.45) is 0 Å². The summed E-state index contributed by atoms with van der Waals surface area (Å²) in [5.74, 6) is 1.22. The molecule has 0 aliphatic carbocycles. The Hall–Kier alpha value is -2.82. The molecule has 2 aromatic rings. The second-order valence-electron chi connectivity index (χ2n) is 10.2. The summed E-state index contributed by atoms with van der Waals surface area (Å²) in [5, 5.41) is 72.6. The number of rotatable bonds is 7. The molecule has 0 saturated carbocycles. The molecule has 2 fully saturated rings. The van der Waals surface area contributed by atoms with E-state index >= 15 is 0 Å². The number of benzene rings is 2. The van der Waals surface area contributed by atoms with Gasteiger partial charge in [-0.15, -0.1) is 0 Å². The van der Waals surface area contributed by atoms with Gasteiger partial charge >= 0.3 is 0 Å². The summed E-state index contributed by atoms with van der Waals surface area (Å²) in [6, 6.07) is 11.7. The number of aliphatic hydroxyl groups excluding tert-OH is 7. The third-order valence-electron chi connectivity index (χ3n) is 7.46. The minimum Gasteiger partial charge on any atom is -0.497 e. The molecule has 11 atom stereocenters. The lowest BCUT2D eigenvalue weighted by Gasteiger charge is -2.42. The van der Waals surface area contributed by atoms with Crippen LogP contribution in [0.4, 0.5) is 0 Å². The van der Waals surface area contributed by atoms with Crippen molar-refractivity contribution in [3.8, 4) is 17.2 Å². The normalized spacial score (nSPS) is 37.0. The van der Waals surface area contributed by atoms with Crippen molar-refractivity contribution >= 4 is 5.57 Å². The Morgan fingerprint density at radius 3 is 2.10 bits per heavy atom. The van der Waals surface area contributed by atoms with Gasteiger partial charge in [-0.2, -0.15) is 0 Å². The lowest BCUT2D eigenvalue weighted by molar-refractivity contribution is -0.318. The van der Waals surface area contributed by atoms with E-state index in [9.17, 15) is 35.7 Å². The van der Waals surface area contributed by atoms with Gasteiger partial charge in [0.2, 0.25) is 6.29 Å². The fourth-order valence-electron chi connectivity index (χ4n) is 4.92. The van der Waals surface area contributed by atoms with E-state index in [1.54, 1.807) is 37.4 Å². The highest BCUT2D eigenvalue weighted by Crippen LogP contribution is 2.41. The first kappa shape index (κ1) is 29.7. The zero-order chi connectivity index (χ0) is 29.4. The molecule has 3 heterocycles. The van der Waals surface area contributed by atoms with Crippen LogP contribution in [0.3, 0.4) is 0 Å². The van der Waals surface area contributed by atoms with Gasteiger partial charge in [-0.05, 0) is 42.8 Å². The summed E-state index contributed by atoms with van der Waals surface area (Å²) in [4.78, 5) is 0. The molecule has 0 aromatic heterocycles. The highest BCUT2D eigenvalue weighted by atomic mass is 16.7. The predicted molar refractivity (Wildman–Crippen MR) is 139 cm³/mol. The Kier molecular flexibility index (Phi) is 8.82. The molecule has 2 aromatic carbocycles. The van der Waals surface area contributed by atoms with E-state index in [4.69, 9.17) is 28.4 Å².